The molecule has 2 aromatic rings. The first-order valence-electron chi connectivity index (χ1n) is 9.90. The molecule has 1 amide bonds. The Morgan fingerprint density at radius 3 is 2.85 bits per heavy atom. The molecule has 1 saturated heterocycles. The lowest BCUT2D eigenvalue weighted by molar-refractivity contribution is -0.136. The van der Waals surface area contributed by atoms with Crippen LogP contribution in [0.1, 0.15) is 56.0 Å². The third-order valence-corrected chi connectivity index (χ3v) is 7.34. The second-order valence-corrected chi connectivity index (χ2v) is 8.87. The van der Waals surface area contributed by atoms with Crippen LogP contribution in [0.5, 0.6) is 0 Å². The van der Waals surface area contributed by atoms with E-state index in [4.69, 9.17) is 4.98 Å². The number of likely N-dealkylation sites (tertiary alicyclic amines) is 1. The molecule has 142 valence electrons. The monoisotopic (exact) mass is 382 g/mol. The van der Waals surface area contributed by atoms with E-state index in [9.17, 15) is 10.1 Å². The molecule has 2 fully saturated rings. The molecule has 5 nitrogen and oxygen atoms in total. The number of nitrogens with zero attached hydrogens (tertiary/aromatic N) is 4. The Labute approximate surface area is 164 Å². The number of thiazole rings is 1. The van der Waals surface area contributed by atoms with Crippen molar-refractivity contribution >= 4 is 27.5 Å². The van der Waals surface area contributed by atoms with Crippen LogP contribution in [0.2, 0.25) is 0 Å². The number of hydrogen-bond donors (Lipinski definition) is 0. The summed E-state index contributed by atoms with van der Waals surface area (Å²) in [6.45, 7) is 1.29. The minimum atomic E-state index is -0.611. The largest absolute Gasteiger partial charge is 0.326 e. The number of aromatic nitrogens is 1. The summed E-state index contributed by atoms with van der Waals surface area (Å²) >= 11 is 1.74. The Bertz CT molecular complexity index is 831. The van der Waals surface area contributed by atoms with E-state index in [0.29, 0.717) is 6.54 Å². The summed E-state index contributed by atoms with van der Waals surface area (Å²) in [4.78, 5) is 21.8. The third-order valence-electron chi connectivity index (χ3n) is 6.20. The molecular formula is C21H26N4OS. The lowest BCUT2D eigenvalue weighted by atomic mass is 9.81. The van der Waals surface area contributed by atoms with E-state index >= 15 is 0 Å². The maximum absolute atomic E-state index is 13.0. The molecule has 1 aromatic carbocycles. The molecule has 1 saturated carbocycles. The van der Waals surface area contributed by atoms with Gasteiger partial charge in [-0.3, -0.25) is 9.69 Å². The van der Waals surface area contributed by atoms with Gasteiger partial charge in [-0.25, -0.2) is 4.98 Å². The van der Waals surface area contributed by atoms with Crippen LogP contribution in [0.4, 0.5) is 0 Å². The minimum absolute atomic E-state index is 0.0615. The molecule has 0 N–H and O–H groups in total. The van der Waals surface area contributed by atoms with Gasteiger partial charge < -0.3 is 4.90 Å². The first-order chi connectivity index (χ1) is 13.1. The number of hydrogen-bond acceptors (Lipinski definition) is 5. The van der Waals surface area contributed by atoms with Gasteiger partial charge in [-0.15, -0.1) is 11.3 Å². The zero-order valence-corrected chi connectivity index (χ0v) is 16.7. The maximum Gasteiger partial charge on any atom is 0.237 e. The topological polar surface area (TPSA) is 60.2 Å². The van der Waals surface area contributed by atoms with Crippen molar-refractivity contribution in [1.29, 1.82) is 5.26 Å². The van der Waals surface area contributed by atoms with Crippen LogP contribution in [-0.4, -0.2) is 46.4 Å². The predicted molar refractivity (Wildman–Crippen MR) is 107 cm³/mol. The molecule has 0 radical (unpaired) electrons. The van der Waals surface area contributed by atoms with Crippen molar-refractivity contribution in [2.24, 2.45) is 0 Å². The van der Waals surface area contributed by atoms with E-state index in [1.54, 1.807) is 16.2 Å². The molecule has 4 rings (SSSR count). The fourth-order valence-electron chi connectivity index (χ4n) is 4.50. The minimum Gasteiger partial charge on any atom is -0.326 e. The van der Waals surface area contributed by atoms with Crippen molar-refractivity contribution < 1.29 is 4.79 Å². The Morgan fingerprint density at radius 2 is 2.11 bits per heavy atom. The Balaban J connectivity index is 1.49. The van der Waals surface area contributed by atoms with Crippen molar-refractivity contribution in [2.75, 3.05) is 20.1 Å². The summed E-state index contributed by atoms with van der Waals surface area (Å²) in [6.07, 6.45) is 6.95. The molecule has 27 heavy (non-hydrogen) atoms. The van der Waals surface area contributed by atoms with Crippen molar-refractivity contribution in [2.45, 2.75) is 56.5 Å². The molecule has 2 aliphatic rings. The van der Waals surface area contributed by atoms with Crippen LogP contribution in [0.3, 0.4) is 0 Å². The SMILES string of the molecule is CN(C(=O)CN1CCCC1c1nc2ccccc2s1)C1(C#N)CCCCC1. The van der Waals surface area contributed by atoms with Gasteiger partial charge in [-0.2, -0.15) is 5.26 Å². The number of nitriles is 1. The molecule has 2 heterocycles. The molecule has 1 aromatic heterocycles. The molecule has 1 unspecified atom stereocenters. The smallest absolute Gasteiger partial charge is 0.237 e. The number of carbonyl (C=O) groups excluding carboxylic acids is 1. The van der Waals surface area contributed by atoms with Gasteiger partial charge in [0.25, 0.3) is 0 Å². The van der Waals surface area contributed by atoms with E-state index in [1.807, 2.05) is 25.2 Å². The lowest BCUT2D eigenvalue weighted by Crippen LogP contribution is -2.52. The number of para-hydroxylation sites is 1. The molecule has 0 spiro atoms. The van der Waals surface area contributed by atoms with Gasteiger partial charge in [0.15, 0.2) is 0 Å². The van der Waals surface area contributed by atoms with Gasteiger partial charge in [0.2, 0.25) is 5.91 Å². The van der Waals surface area contributed by atoms with E-state index < -0.39 is 5.54 Å². The average molecular weight is 383 g/mol. The van der Waals surface area contributed by atoms with Gasteiger partial charge in [0, 0.05) is 7.05 Å². The van der Waals surface area contributed by atoms with Crippen LogP contribution in [0.15, 0.2) is 24.3 Å². The molecule has 1 atom stereocenters. The fraction of sp³-hybridized carbons (Fsp3) is 0.571. The highest BCUT2D eigenvalue weighted by molar-refractivity contribution is 7.18. The lowest BCUT2D eigenvalue weighted by Gasteiger charge is -2.40. The van der Waals surface area contributed by atoms with Crippen LogP contribution in [0.25, 0.3) is 10.2 Å². The number of carbonyl (C=O) groups is 1. The van der Waals surface area contributed by atoms with Gasteiger partial charge in [0.1, 0.15) is 10.5 Å². The molecular weight excluding hydrogens is 356 g/mol. The van der Waals surface area contributed by atoms with E-state index in [0.717, 1.165) is 62.0 Å². The highest BCUT2D eigenvalue weighted by Gasteiger charge is 2.40. The Morgan fingerprint density at radius 1 is 1.33 bits per heavy atom. The summed E-state index contributed by atoms with van der Waals surface area (Å²) in [6, 6.07) is 10.9. The van der Waals surface area contributed by atoms with Crippen LogP contribution in [0, 0.1) is 11.3 Å². The molecule has 1 aliphatic heterocycles. The summed E-state index contributed by atoms with van der Waals surface area (Å²) in [5, 5.41) is 10.9. The first-order valence-corrected chi connectivity index (χ1v) is 10.7. The highest BCUT2D eigenvalue weighted by atomic mass is 32.1. The number of fused-ring (bicyclic) bond motifs is 1. The second kappa shape index (κ2) is 7.57. The summed E-state index contributed by atoms with van der Waals surface area (Å²) < 4.78 is 1.20. The van der Waals surface area contributed by atoms with Crippen LogP contribution >= 0.6 is 11.3 Å². The van der Waals surface area contributed by atoms with Gasteiger partial charge in [-0.1, -0.05) is 31.4 Å². The predicted octanol–water partition coefficient (Wildman–Crippen LogP) is 4.12. The van der Waals surface area contributed by atoms with Crippen LogP contribution < -0.4 is 0 Å². The quantitative estimate of drug-likeness (QED) is 0.798. The van der Waals surface area contributed by atoms with Crippen molar-refractivity contribution in [3.05, 3.63) is 29.3 Å². The van der Waals surface area contributed by atoms with Crippen molar-refractivity contribution in [1.82, 2.24) is 14.8 Å². The number of amides is 1. The fourth-order valence-corrected chi connectivity index (χ4v) is 5.64. The van der Waals surface area contributed by atoms with Gasteiger partial charge in [-0.05, 0) is 44.4 Å². The zero-order chi connectivity index (χ0) is 18.9. The number of likely N-dealkylation sites (N-methyl/N-ethyl adjacent to an activating group) is 1. The van der Waals surface area contributed by atoms with E-state index in [-0.39, 0.29) is 11.9 Å². The Kier molecular flexibility index (Phi) is 5.16. The van der Waals surface area contributed by atoms with Crippen molar-refractivity contribution in [3.63, 3.8) is 0 Å². The zero-order valence-electron chi connectivity index (χ0n) is 15.9. The summed E-state index contributed by atoms with van der Waals surface area (Å²) in [5.74, 6) is 0.0615. The maximum atomic E-state index is 13.0. The summed E-state index contributed by atoms with van der Waals surface area (Å²) in [5.41, 5.74) is 0.430. The third kappa shape index (κ3) is 3.46. The van der Waals surface area contributed by atoms with E-state index in [2.05, 4.69) is 17.0 Å². The first kappa shape index (κ1) is 18.4. The molecule has 1 aliphatic carbocycles. The Hall–Kier alpha value is -1.97. The van der Waals surface area contributed by atoms with Gasteiger partial charge in [0.05, 0.1) is 28.9 Å². The normalized spacial score (nSPS) is 22.6. The standard InChI is InChI=1S/C21H26N4OS/c1-24(21(15-22)11-5-2-6-12-21)19(26)14-25-13-7-9-17(25)20-23-16-8-3-4-10-18(16)27-20/h3-4,8,10,17H,2,5-7,9,11-14H2,1H3. The van der Waals surface area contributed by atoms with Crippen LogP contribution in [-0.2, 0) is 4.79 Å². The second-order valence-electron chi connectivity index (χ2n) is 7.81. The number of rotatable bonds is 4. The molecule has 0 bridgehead atoms. The average Bonchev–Trinajstić information content (AvgIpc) is 3.34. The van der Waals surface area contributed by atoms with Gasteiger partial charge >= 0.3 is 0 Å². The highest BCUT2D eigenvalue weighted by Crippen LogP contribution is 2.37. The van der Waals surface area contributed by atoms with Crippen molar-refractivity contribution in [3.8, 4) is 6.07 Å². The summed E-state index contributed by atoms with van der Waals surface area (Å²) in [7, 11) is 1.82. The number of benzene rings is 1. The van der Waals surface area contributed by atoms with E-state index in [1.165, 1.54) is 4.70 Å². The molecule has 6 heteroatoms.